The number of hydrogen-bond acceptors (Lipinski definition) is 6. The van der Waals surface area contributed by atoms with Crippen LogP contribution in [0.25, 0.3) is 0 Å². The first-order valence-electron chi connectivity index (χ1n) is 5.79. The van der Waals surface area contributed by atoms with Gasteiger partial charge >= 0.3 is 11.9 Å². The molecule has 0 aliphatic heterocycles. The van der Waals surface area contributed by atoms with Crippen LogP contribution in [-0.2, 0) is 9.59 Å². The summed E-state index contributed by atoms with van der Waals surface area (Å²) in [5.74, 6) is -2.37. The molecule has 0 atom stereocenters. The molecule has 0 aliphatic rings. The zero-order chi connectivity index (χ0) is 15.1. The average molecular weight is 282 g/mol. The molecule has 8 heteroatoms. The van der Waals surface area contributed by atoms with Crippen LogP contribution in [0.3, 0.4) is 0 Å². The Balaban J connectivity index is 2.89. The molecule has 0 fully saturated rings. The predicted octanol–water partition coefficient (Wildman–Crippen LogP) is 1.55. The van der Waals surface area contributed by atoms with Crippen LogP contribution in [0.5, 0.6) is 5.75 Å². The van der Waals surface area contributed by atoms with E-state index in [9.17, 15) is 19.6 Å². The van der Waals surface area contributed by atoms with E-state index in [1.54, 1.807) is 0 Å². The summed E-state index contributed by atoms with van der Waals surface area (Å²) < 4.78 is 0. The van der Waals surface area contributed by atoms with Gasteiger partial charge in [-0.3, -0.25) is 9.59 Å². The molecular formula is C12H14N2O6. The van der Waals surface area contributed by atoms with Gasteiger partial charge in [0.1, 0.15) is 11.4 Å². The normalized spacial score (nSPS) is 10.0. The third kappa shape index (κ3) is 4.56. The fourth-order valence-corrected chi connectivity index (χ4v) is 1.62. The lowest BCUT2D eigenvalue weighted by Crippen LogP contribution is -2.28. The Kier molecular flexibility index (Phi) is 5.45. The van der Waals surface area contributed by atoms with Crippen LogP contribution in [0.4, 0.5) is 11.4 Å². The van der Waals surface area contributed by atoms with Gasteiger partial charge in [0.25, 0.3) is 0 Å². The second-order valence-electron chi connectivity index (χ2n) is 4.04. The summed E-state index contributed by atoms with van der Waals surface area (Å²) in [7, 11) is 0. The fourth-order valence-electron chi connectivity index (χ4n) is 1.62. The van der Waals surface area contributed by atoms with Crippen molar-refractivity contribution in [1.82, 2.24) is 0 Å². The summed E-state index contributed by atoms with van der Waals surface area (Å²) >= 11 is 0. The Hall–Kier alpha value is -2.64. The maximum atomic E-state index is 10.6. The summed E-state index contributed by atoms with van der Waals surface area (Å²) in [6, 6.07) is 4.01. The molecule has 8 nitrogen and oxygen atoms in total. The minimum Gasteiger partial charge on any atom is -0.505 e. The number of rotatable bonds is 8. The Labute approximate surface area is 114 Å². The number of phenols is 1. The van der Waals surface area contributed by atoms with Crippen molar-refractivity contribution >= 4 is 23.3 Å². The predicted molar refractivity (Wildman–Crippen MR) is 70.3 cm³/mol. The van der Waals surface area contributed by atoms with Gasteiger partial charge in [-0.25, -0.2) is 0 Å². The van der Waals surface area contributed by atoms with Gasteiger partial charge in [-0.15, -0.1) is 4.91 Å². The van der Waals surface area contributed by atoms with Gasteiger partial charge in [-0.05, 0) is 17.3 Å². The molecule has 1 aromatic carbocycles. The molecular weight excluding hydrogens is 268 g/mol. The Bertz CT molecular complexity index is 499. The van der Waals surface area contributed by atoms with Crippen molar-refractivity contribution in [2.75, 3.05) is 18.0 Å². The number of carboxylic acid groups (broad SMARTS) is 2. The van der Waals surface area contributed by atoms with Crippen molar-refractivity contribution in [2.45, 2.75) is 12.8 Å². The van der Waals surface area contributed by atoms with Crippen LogP contribution in [0.1, 0.15) is 12.8 Å². The molecule has 0 saturated heterocycles. The number of carbonyl (C=O) groups is 2. The van der Waals surface area contributed by atoms with Gasteiger partial charge in [0.05, 0.1) is 12.8 Å². The maximum Gasteiger partial charge on any atom is 0.305 e. The van der Waals surface area contributed by atoms with E-state index in [-0.39, 0.29) is 37.4 Å². The number of carboxylic acids is 2. The smallest absolute Gasteiger partial charge is 0.305 e. The van der Waals surface area contributed by atoms with E-state index in [4.69, 9.17) is 10.2 Å². The quantitative estimate of drug-likeness (QED) is 0.617. The average Bonchev–Trinajstić information content (AvgIpc) is 2.38. The summed E-state index contributed by atoms with van der Waals surface area (Å²) in [4.78, 5) is 33.1. The number of aliphatic carboxylic acids is 2. The fraction of sp³-hybridized carbons (Fsp3) is 0.333. The highest BCUT2D eigenvalue weighted by Gasteiger charge is 2.13. The second kappa shape index (κ2) is 7.07. The Morgan fingerprint density at radius 3 is 2.05 bits per heavy atom. The lowest BCUT2D eigenvalue weighted by molar-refractivity contribution is -0.137. The molecule has 0 heterocycles. The molecule has 0 amide bonds. The molecule has 20 heavy (non-hydrogen) atoms. The highest BCUT2D eigenvalue weighted by Crippen LogP contribution is 2.30. The minimum absolute atomic E-state index is 0.0932. The monoisotopic (exact) mass is 282 g/mol. The number of hydrogen-bond donors (Lipinski definition) is 3. The zero-order valence-corrected chi connectivity index (χ0v) is 10.5. The topological polar surface area (TPSA) is 128 Å². The van der Waals surface area contributed by atoms with Crippen molar-refractivity contribution in [3.05, 3.63) is 23.1 Å². The second-order valence-corrected chi connectivity index (χ2v) is 4.04. The Morgan fingerprint density at radius 2 is 1.65 bits per heavy atom. The van der Waals surface area contributed by atoms with Crippen LogP contribution in [-0.4, -0.2) is 40.3 Å². The molecule has 0 aromatic heterocycles. The molecule has 3 N–H and O–H groups in total. The molecule has 0 bridgehead atoms. The van der Waals surface area contributed by atoms with Gasteiger partial charge in [0.15, 0.2) is 0 Å². The van der Waals surface area contributed by atoms with Crippen LogP contribution in [0.15, 0.2) is 23.4 Å². The summed E-state index contributed by atoms with van der Waals surface area (Å²) in [6.07, 6.45) is -0.345. The van der Waals surface area contributed by atoms with E-state index in [1.807, 2.05) is 0 Å². The van der Waals surface area contributed by atoms with Crippen molar-refractivity contribution in [3.63, 3.8) is 0 Å². The summed E-state index contributed by atoms with van der Waals surface area (Å²) in [5.41, 5.74) is 0.294. The molecule has 0 saturated carbocycles. The van der Waals surface area contributed by atoms with E-state index >= 15 is 0 Å². The lowest BCUT2D eigenvalue weighted by atomic mass is 10.2. The minimum atomic E-state index is -1.01. The molecule has 1 rings (SSSR count). The third-order valence-electron chi connectivity index (χ3n) is 2.61. The van der Waals surface area contributed by atoms with Gasteiger partial charge in [0, 0.05) is 24.8 Å². The van der Waals surface area contributed by atoms with Crippen molar-refractivity contribution in [2.24, 2.45) is 5.18 Å². The van der Waals surface area contributed by atoms with E-state index in [1.165, 1.54) is 23.1 Å². The zero-order valence-electron chi connectivity index (χ0n) is 10.5. The lowest BCUT2D eigenvalue weighted by Gasteiger charge is -2.23. The maximum absolute atomic E-state index is 10.6. The highest BCUT2D eigenvalue weighted by atomic mass is 16.4. The first-order valence-corrected chi connectivity index (χ1v) is 5.79. The molecule has 0 aliphatic carbocycles. The summed E-state index contributed by atoms with van der Waals surface area (Å²) in [5, 5.41) is 29.5. The Morgan fingerprint density at radius 1 is 1.10 bits per heavy atom. The third-order valence-corrected chi connectivity index (χ3v) is 2.61. The van der Waals surface area contributed by atoms with Crippen LogP contribution < -0.4 is 4.90 Å². The molecule has 1 aromatic rings. The van der Waals surface area contributed by atoms with E-state index < -0.39 is 11.9 Å². The molecule has 0 radical (unpaired) electrons. The first-order chi connectivity index (χ1) is 9.43. The van der Waals surface area contributed by atoms with E-state index in [0.717, 1.165) is 0 Å². The standard InChI is InChI=1S/C12H14N2O6/c15-10-7-8(1-2-9(10)13-20)14(5-3-11(16)17)6-4-12(18)19/h1-2,7,15H,3-6H2,(H,16,17)(H,18,19). The molecule has 0 unspecified atom stereocenters. The van der Waals surface area contributed by atoms with Crippen molar-refractivity contribution < 1.29 is 24.9 Å². The number of aromatic hydroxyl groups is 1. The number of nitrogens with zero attached hydrogens (tertiary/aromatic N) is 2. The van der Waals surface area contributed by atoms with E-state index in [2.05, 4.69) is 5.18 Å². The number of benzene rings is 1. The van der Waals surface area contributed by atoms with Gasteiger partial charge < -0.3 is 20.2 Å². The van der Waals surface area contributed by atoms with Gasteiger partial charge in [-0.1, -0.05) is 0 Å². The number of phenolic OH excluding ortho intramolecular Hbond substituents is 1. The van der Waals surface area contributed by atoms with Crippen molar-refractivity contribution in [3.8, 4) is 5.75 Å². The van der Waals surface area contributed by atoms with Crippen LogP contribution >= 0.6 is 0 Å². The molecule has 0 spiro atoms. The van der Waals surface area contributed by atoms with Crippen molar-refractivity contribution in [1.29, 1.82) is 0 Å². The summed E-state index contributed by atoms with van der Waals surface area (Å²) in [6.45, 7) is 0.186. The number of anilines is 1. The SMILES string of the molecule is O=Nc1ccc(N(CCC(=O)O)CCC(=O)O)cc1O. The number of nitroso groups, excluding NO2 is 1. The van der Waals surface area contributed by atoms with Gasteiger partial charge in [-0.2, -0.15) is 0 Å². The highest BCUT2D eigenvalue weighted by molar-refractivity contribution is 5.70. The van der Waals surface area contributed by atoms with E-state index in [0.29, 0.717) is 5.69 Å². The first kappa shape index (κ1) is 15.4. The van der Waals surface area contributed by atoms with Crippen LogP contribution in [0.2, 0.25) is 0 Å². The van der Waals surface area contributed by atoms with Gasteiger partial charge in [0.2, 0.25) is 0 Å². The molecule has 108 valence electrons. The largest absolute Gasteiger partial charge is 0.505 e. The van der Waals surface area contributed by atoms with Crippen LogP contribution in [0, 0.1) is 4.91 Å².